The van der Waals surface area contributed by atoms with Gasteiger partial charge in [0, 0.05) is 23.9 Å². The first-order chi connectivity index (χ1) is 14.0. The van der Waals surface area contributed by atoms with Crippen molar-refractivity contribution in [3.63, 3.8) is 0 Å². The predicted molar refractivity (Wildman–Crippen MR) is 109 cm³/mol. The second-order valence-electron chi connectivity index (χ2n) is 6.50. The Morgan fingerprint density at radius 3 is 2.52 bits per heavy atom. The number of carbonyl (C=O) groups is 2. The van der Waals surface area contributed by atoms with Gasteiger partial charge in [-0.05, 0) is 48.4 Å². The van der Waals surface area contributed by atoms with Crippen molar-refractivity contribution in [2.24, 2.45) is 0 Å². The fourth-order valence-corrected chi connectivity index (χ4v) is 2.60. The predicted octanol–water partition coefficient (Wildman–Crippen LogP) is 4.08. The maximum atomic E-state index is 13.5. The summed E-state index contributed by atoms with van der Waals surface area (Å²) >= 11 is 0. The molecule has 3 aromatic carbocycles. The minimum atomic E-state index is -0.329. The van der Waals surface area contributed by atoms with Gasteiger partial charge in [0.05, 0.1) is 0 Å². The topological polar surface area (TPSA) is 67.4 Å². The third-order valence-corrected chi connectivity index (χ3v) is 4.22. The summed E-state index contributed by atoms with van der Waals surface area (Å²) in [5.41, 5.74) is 2.34. The van der Waals surface area contributed by atoms with Crippen LogP contribution in [0.1, 0.15) is 21.5 Å². The van der Waals surface area contributed by atoms with Crippen LogP contribution in [-0.4, -0.2) is 18.4 Å². The highest BCUT2D eigenvalue weighted by Crippen LogP contribution is 2.18. The number of aryl methyl sites for hydroxylation is 1. The molecule has 29 heavy (non-hydrogen) atoms. The molecule has 0 spiro atoms. The monoisotopic (exact) mass is 392 g/mol. The number of halogens is 1. The Hall–Kier alpha value is -3.67. The summed E-state index contributed by atoms with van der Waals surface area (Å²) < 4.78 is 19.0. The number of ether oxygens (including phenoxy) is 1. The third-order valence-electron chi connectivity index (χ3n) is 4.22. The van der Waals surface area contributed by atoms with Crippen molar-refractivity contribution in [3.05, 3.63) is 95.3 Å². The van der Waals surface area contributed by atoms with Crippen molar-refractivity contribution in [2.75, 3.05) is 11.9 Å². The molecule has 3 rings (SSSR count). The Bertz CT molecular complexity index is 1010. The van der Waals surface area contributed by atoms with Gasteiger partial charge in [0.25, 0.3) is 11.8 Å². The number of anilines is 1. The van der Waals surface area contributed by atoms with Gasteiger partial charge in [-0.2, -0.15) is 0 Å². The summed E-state index contributed by atoms with van der Waals surface area (Å²) in [4.78, 5) is 24.2. The zero-order valence-corrected chi connectivity index (χ0v) is 15.9. The first kappa shape index (κ1) is 20.1. The zero-order valence-electron chi connectivity index (χ0n) is 15.9. The molecule has 148 valence electrons. The number of hydrogen-bond donors (Lipinski definition) is 2. The van der Waals surface area contributed by atoms with E-state index in [1.165, 1.54) is 6.07 Å². The normalized spacial score (nSPS) is 10.3. The summed E-state index contributed by atoms with van der Waals surface area (Å²) in [6.07, 6.45) is 0. The largest absolute Gasteiger partial charge is 0.484 e. The average Bonchev–Trinajstić information content (AvgIpc) is 2.74. The van der Waals surface area contributed by atoms with Gasteiger partial charge in [-0.3, -0.25) is 9.59 Å². The van der Waals surface area contributed by atoms with E-state index in [2.05, 4.69) is 10.6 Å². The average molecular weight is 392 g/mol. The van der Waals surface area contributed by atoms with E-state index in [0.29, 0.717) is 28.1 Å². The fourth-order valence-electron chi connectivity index (χ4n) is 2.60. The molecule has 0 heterocycles. The van der Waals surface area contributed by atoms with E-state index in [4.69, 9.17) is 4.74 Å². The van der Waals surface area contributed by atoms with Gasteiger partial charge >= 0.3 is 0 Å². The number of benzene rings is 3. The van der Waals surface area contributed by atoms with Crippen LogP contribution in [0.4, 0.5) is 10.1 Å². The van der Waals surface area contributed by atoms with Crippen LogP contribution in [0.5, 0.6) is 5.75 Å². The number of nitrogens with one attached hydrogen (secondary N) is 2. The molecule has 6 heteroatoms. The smallest absolute Gasteiger partial charge is 0.258 e. The molecule has 0 saturated carbocycles. The lowest BCUT2D eigenvalue weighted by Crippen LogP contribution is -2.28. The molecule has 0 saturated heterocycles. The summed E-state index contributed by atoms with van der Waals surface area (Å²) in [5, 5.41) is 5.47. The Balaban J connectivity index is 1.50. The van der Waals surface area contributed by atoms with Crippen LogP contribution in [0.3, 0.4) is 0 Å². The van der Waals surface area contributed by atoms with E-state index in [0.717, 1.165) is 0 Å². The quantitative estimate of drug-likeness (QED) is 0.637. The van der Waals surface area contributed by atoms with Gasteiger partial charge in [0.1, 0.15) is 11.6 Å². The van der Waals surface area contributed by atoms with Gasteiger partial charge in [0.15, 0.2) is 6.61 Å². The number of hydrogen-bond acceptors (Lipinski definition) is 3. The van der Waals surface area contributed by atoms with Crippen molar-refractivity contribution >= 4 is 17.5 Å². The minimum Gasteiger partial charge on any atom is -0.484 e. The molecule has 0 aromatic heterocycles. The number of rotatable bonds is 7. The van der Waals surface area contributed by atoms with Crippen LogP contribution in [0.2, 0.25) is 0 Å². The van der Waals surface area contributed by atoms with Crippen molar-refractivity contribution in [1.29, 1.82) is 0 Å². The van der Waals surface area contributed by atoms with Crippen LogP contribution in [0, 0.1) is 12.7 Å². The molecule has 0 aliphatic rings. The van der Waals surface area contributed by atoms with Gasteiger partial charge in [-0.1, -0.05) is 36.4 Å². The molecular weight excluding hydrogens is 371 g/mol. The Morgan fingerprint density at radius 2 is 1.76 bits per heavy atom. The first-order valence-corrected chi connectivity index (χ1v) is 9.12. The molecule has 0 radical (unpaired) electrons. The standard InChI is InChI=1S/C23H21FN2O3/c1-16-10-11-17(12-21(16)24)14-25-22(27)15-29-20-9-5-8-19(13-20)26-23(28)18-6-3-2-4-7-18/h2-13H,14-15H2,1H3,(H,25,27)(H,26,28). The molecule has 0 fully saturated rings. The summed E-state index contributed by atoms with van der Waals surface area (Å²) in [6.45, 7) is 1.71. The molecule has 2 amide bonds. The lowest BCUT2D eigenvalue weighted by atomic mass is 10.1. The molecule has 0 bridgehead atoms. The lowest BCUT2D eigenvalue weighted by molar-refractivity contribution is -0.123. The molecule has 5 nitrogen and oxygen atoms in total. The summed E-state index contributed by atoms with van der Waals surface area (Å²) in [7, 11) is 0. The van der Waals surface area contributed by atoms with E-state index in [9.17, 15) is 14.0 Å². The molecular formula is C23H21FN2O3. The van der Waals surface area contributed by atoms with Crippen molar-refractivity contribution in [1.82, 2.24) is 5.32 Å². The van der Waals surface area contributed by atoms with Crippen LogP contribution in [-0.2, 0) is 11.3 Å². The Morgan fingerprint density at radius 1 is 0.966 bits per heavy atom. The van der Waals surface area contributed by atoms with Gasteiger partial charge < -0.3 is 15.4 Å². The maximum Gasteiger partial charge on any atom is 0.258 e. The Kier molecular flexibility index (Phi) is 6.58. The molecule has 0 unspecified atom stereocenters. The van der Waals surface area contributed by atoms with Gasteiger partial charge in [-0.15, -0.1) is 0 Å². The SMILES string of the molecule is Cc1ccc(CNC(=O)COc2cccc(NC(=O)c3ccccc3)c2)cc1F. The number of amides is 2. The molecule has 2 N–H and O–H groups in total. The van der Waals surface area contributed by atoms with Gasteiger partial charge in [-0.25, -0.2) is 4.39 Å². The second kappa shape index (κ2) is 9.50. The molecule has 0 aliphatic heterocycles. The van der Waals surface area contributed by atoms with E-state index >= 15 is 0 Å². The molecule has 0 aliphatic carbocycles. The Labute approximate surface area is 168 Å². The molecule has 3 aromatic rings. The van der Waals surface area contributed by atoms with E-state index in [-0.39, 0.29) is 30.8 Å². The van der Waals surface area contributed by atoms with E-state index in [1.807, 2.05) is 6.07 Å². The zero-order chi connectivity index (χ0) is 20.6. The van der Waals surface area contributed by atoms with Gasteiger partial charge in [0.2, 0.25) is 0 Å². The van der Waals surface area contributed by atoms with Crippen LogP contribution in [0.25, 0.3) is 0 Å². The lowest BCUT2D eigenvalue weighted by Gasteiger charge is -2.10. The van der Waals surface area contributed by atoms with Crippen molar-refractivity contribution < 1.29 is 18.7 Å². The van der Waals surface area contributed by atoms with E-state index in [1.54, 1.807) is 67.6 Å². The minimum absolute atomic E-state index is 0.190. The summed E-state index contributed by atoms with van der Waals surface area (Å²) in [6, 6.07) is 20.5. The maximum absolute atomic E-state index is 13.5. The summed E-state index contributed by atoms with van der Waals surface area (Å²) in [5.74, 6) is -0.412. The first-order valence-electron chi connectivity index (χ1n) is 9.12. The van der Waals surface area contributed by atoms with Crippen molar-refractivity contribution in [2.45, 2.75) is 13.5 Å². The van der Waals surface area contributed by atoms with Crippen LogP contribution >= 0.6 is 0 Å². The number of carbonyl (C=O) groups excluding carboxylic acids is 2. The highest BCUT2D eigenvalue weighted by molar-refractivity contribution is 6.04. The van der Waals surface area contributed by atoms with E-state index < -0.39 is 0 Å². The highest BCUT2D eigenvalue weighted by atomic mass is 19.1. The van der Waals surface area contributed by atoms with Crippen molar-refractivity contribution in [3.8, 4) is 5.75 Å². The van der Waals surface area contributed by atoms with Crippen LogP contribution in [0.15, 0.2) is 72.8 Å². The highest BCUT2D eigenvalue weighted by Gasteiger charge is 2.08. The van der Waals surface area contributed by atoms with Crippen LogP contribution < -0.4 is 15.4 Å². The molecule has 0 atom stereocenters. The fraction of sp³-hybridized carbons (Fsp3) is 0.130. The third kappa shape index (κ3) is 5.90. The second-order valence-corrected chi connectivity index (χ2v) is 6.50.